The van der Waals surface area contributed by atoms with E-state index < -0.39 is 9.84 Å². The molecule has 0 radical (unpaired) electrons. The lowest BCUT2D eigenvalue weighted by molar-refractivity contribution is 0.131. The highest BCUT2D eigenvalue weighted by Gasteiger charge is 2.27. The molecule has 2 rings (SSSR count). The molecule has 0 aliphatic heterocycles. The van der Waals surface area contributed by atoms with Gasteiger partial charge in [-0.25, -0.2) is 8.42 Å². The zero-order chi connectivity index (χ0) is 13.2. The summed E-state index contributed by atoms with van der Waals surface area (Å²) in [7, 11) is -3.26. The van der Waals surface area contributed by atoms with Crippen LogP contribution in [0.25, 0.3) is 0 Å². The SMILES string of the molecule is O=S(=O)(CCC1CCCC1O)c1ccc(Cl)cc1. The molecule has 3 nitrogen and oxygen atoms in total. The van der Waals surface area contributed by atoms with Crippen LogP contribution in [-0.4, -0.2) is 25.4 Å². The summed E-state index contributed by atoms with van der Waals surface area (Å²) >= 11 is 5.73. The van der Waals surface area contributed by atoms with Gasteiger partial charge in [0.05, 0.1) is 16.8 Å². The third-order valence-corrected chi connectivity index (χ3v) is 5.56. The molecule has 18 heavy (non-hydrogen) atoms. The maximum absolute atomic E-state index is 12.1. The van der Waals surface area contributed by atoms with Crippen molar-refractivity contribution in [3.8, 4) is 0 Å². The Bertz CT molecular complexity index is 495. The third kappa shape index (κ3) is 3.25. The lowest BCUT2D eigenvalue weighted by Crippen LogP contribution is -2.17. The zero-order valence-electron chi connectivity index (χ0n) is 10.0. The molecule has 1 aromatic carbocycles. The molecule has 1 saturated carbocycles. The molecule has 0 bridgehead atoms. The molecule has 1 aliphatic carbocycles. The number of aliphatic hydroxyl groups excluding tert-OH is 1. The zero-order valence-corrected chi connectivity index (χ0v) is 11.6. The van der Waals surface area contributed by atoms with Crippen molar-refractivity contribution in [1.82, 2.24) is 0 Å². The number of sulfone groups is 1. The van der Waals surface area contributed by atoms with Crippen LogP contribution in [0, 0.1) is 5.92 Å². The van der Waals surface area contributed by atoms with Crippen LogP contribution >= 0.6 is 11.6 Å². The molecular formula is C13H17ClO3S. The first-order valence-electron chi connectivity index (χ1n) is 6.15. The molecule has 0 spiro atoms. The van der Waals surface area contributed by atoms with Gasteiger partial charge in [0, 0.05) is 5.02 Å². The van der Waals surface area contributed by atoms with Crippen molar-refractivity contribution >= 4 is 21.4 Å². The van der Waals surface area contributed by atoms with Crippen LogP contribution in [0.4, 0.5) is 0 Å². The van der Waals surface area contributed by atoms with E-state index in [1.54, 1.807) is 12.1 Å². The van der Waals surface area contributed by atoms with E-state index in [0.717, 1.165) is 19.3 Å². The fraction of sp³-hybridized carbons (Fsp3) is 0.538. The topological polar surface area (TPSA) is 54.4 Å². The summed E-state index contributed by atoms with van der Waals surface area (Å²) < 4.78 is 24.2. The van der Waals surface area contributed by atoms with E-state index in [-0.39, 0.29) is 17.8 Å². The number of benzene rings is 1. The number of rotatable bonds is 4. The molecule has 0 saturated heterocycles. The Morgan fingerprint density at radius 3 is 2.44 bits per heavy atom. The van der Waals surface area contributed by atoms with Crippen molar-refractivity contribution in [2.24, 2.45) is 5.92 Å². The van der Waals surface area contributed by atoms with Crippen LogP contribution in [0.5, 0.6) is 0 Å². The van der Waals surface area contributed by atoms with E-state index in [1.165, 1.54) is 12.1 Å². The van der Waals surface area contributed by atoms with Gasteiger partial charge in [-0.3, -0.25) is 0 Å². The molecular weight excluding hydrogens is 272 g/mol. The van der Waals surface area contributed by atoms with Gasteiger partial charge in [0.25, 0.3) is 0 Å². The van der Waals surface area contributed by atoms with Gasteiger partial charge in [0.15, 0.2) is 9.84 Å². The normalized spacial score (nSPS) is 24.3. The van der Waals surface area contributed by atoms with Crippen molar-refractivity contribution in [2.45, 2.75) is 36.7 Å². The molecule has 1 aromatic rings. The van der Waals surface area contributed by atoms with E-state index in [0.29, 0.717) is 16.3 Å². The second kappa shape index (κ2) is 5.59. The van der Waals surface area contributed by atoms with Crippen LogP contribution in [0.1, 0.15) is 25.7 Å². The van der Waals surface area contributed by atoms with Crippen LogP contribution in [0.3, 0.4) is 0 Å². The van der Waals surface area contributed by atoms with Crippen molar-refractivity contribution in [3.05, 3.63) is 29.3 Å². The van der Waals surface area contributed by atoms with Crippen molar-refractivity contribution in [3.63, 3.8) is 0 Å². The van der Waals surface area contributed by atoms with Gasteiger partial charge in [-0.15, -0.1) is 0 Å². The molecule has 2 unspecified atom stereocenters. The Hall–Kier alpha value is -0.580. The largest absolute Gasteiger partial charge is 0.393 e. The summed E-state index contributed by atoms with van der Waals surface area (Å²) in [6.07, 6.45) is 2.92. The van der Waals surface area contributed by atoms with Crippen molar-refractivity contribution in [1.29, 1.82) is 0 Å². The fourth-order valence-electron chi connectivity index (χ4n) is 2.42. The Labute approximate surface area is 113 Å². The molecule has 5 heteroatoms. The molecule has 100 valence electrons. The average Bonchev–Trinajstić information content (AvgIpc) is 2.73. The number of hydrogen-bond donors (Lipinski definition) is 1. The Kier molecular flexibility index (Phi) is 4.30. The quantitative estimate of drug-likeness (QED) is 0.927. The van der Waals surface area contributed by atoms with Crippen molar-refractivity contribution in [2.75, 3.05) is 5.75 Å². The van der Waals surface area contributed by atoms with Crippen LogP contribution in [-0.2, 0) is 9.84 Å². The lowest BCUT2D eigenvalue weighted by atomic mass is 10.0. The van der Waals surface area contributed by atoms with E-state index in [9.17, 15) is 13.5 Å². The highest BCUT2D eigenvalue weighted by molar-refractivity contribution is 7.91. The Morgan fingerprint density at radius 2 is 1.89 bits per heavy atom. The first-order chi connectivity index (χ1) is 8.49. The Morgan fingerprint density at radius 1 is 1.22 bits per heavy atom. The first kappa shape index (κ1) is 13.8. The van der Waals surface area contributed by atoms with Gasteiger partial charge < -0.3 is 5.11 Å². The maximum Gasteiger partial charge on any atom is 0.178 e. The van der Waals surface area contributed by atoms with Gasteiger partial charge in [-0.1, -0.05) is 18.0 Å². The van der Waals surface area contributed by atoms with E-state index in [1.807, 2.05) is 0 Å². The summed E-state index contributed by atoms with van der Waals surface area (Å²) in [4.78, 5) is 0.305. The number of aliphatic hydroxyl groups is 1. The first-order valence-corrected chi connectivity index (χ1v) is 8.18. The highest BCUT2D eigenvalue weighted by atomic mass is 35.5. The summed E-state index contributed by atoms with van der Waals surface area (Å²) in [5.41, 5.74) is 0. The molecule has 1 N–H and O–H groups in total. The standard InChI is InChI=1S/C13H17ClO3S/c14-11-4-6-12(7-5-11)18(16,17)9-8-10-2-1-3-13(10)15/h4-7,10,13,15H,1-3,8-9H2. The monoisotopic (exact) mass is 288 g/mol. The van der Waals surface area contributed by atoms with Gasteiger partial charge in [0.1, 0.15) is 0 Å². The van der Waals surface area contributed by atoms with Crippen LogP contribution < -0.4 is 0 Å². The smallest absolute Gasteiger partial charge is 0.178 e. The molecule has 0 heterocycles. The second-order valence-electron chi connectivity index (χ2n) is 4.82. The summed E-state index contributed by atoms with van der Waals surface area (Å²) in [6.45, 7) is 0. The highest BCUT2D eigenvalue weighted by Crippen LogP contribution is 2.29. The number of hydrogen-bond acceptors (Lipinski definition) is 3. The fourth-order valence-corrected chi connectivity index (χ4v) is 3.95. The van der Waals surface area contributed by atoms with Gasteiger partial charge in [-0.2, -0.15) is 0 Å². The summed E-state index contributed by atoms with van der Waals surface area (Å²) in [5.74, 6) is 0.225. The minimum Gasteiger partial charge on any atom is -0.393 e. The summed E-state index contributed by atoms with van der Waals surface area (Å²) in [5, 5.41) is 10.2. The predicted molar refractivity (Wildman–Crippen MR) is 71.5 cm³/mol. The van der Waals surface area contributed by atoms with E-state index >= 15 is 0 Å². The lowest BCUT2D eigenvalue weighted by Gasteiger charge is -2.14. The molecule has 1 aliphatic rings. The average molecular weight is 289 g/mol. The van der Waals surface area contributed by atoms with Crippen LogP contribution in [0.2, 0.25) is 5.02 Å². The second-order valence-corrected chi connectivity index (χ2v) is 7.37. The molecule has 2 atom stereocenters. The van der Waals surface area contributed by atoms with Gasteiger partial charge in [0.2, 0.25) is 0 Å². The van der Waals surface area contributed by atoms with Gasteiger partial charge >= 0.3 is 0 Å². The Balaban J connectivity index is 2.01. The van der Waals surface area contributed by atoms with Crippen molar-refractivity contribution < 1.29 is 13.5 Å². The minimum atomic E-state index is -3.26. The van der Waals surface area contributed by atoms with Crippen LogP contribution in [0.15, 0.2) is 29.2 Å². The molecule has 0 amide bonds. The molecule has 1 fully saturated rings. The maximum atomic E-state index is 12.1. The third-order valence-electron chi connectivity index (χ3n) is 3.55. The van der Waals surface area contributed by atoms with E-state index in [4.69, 9.17) is 11.6 Å². The minimum absolute atomic E-state index is 0.0936. The predicted octanol–water partition coefficient (Wildman–Crippen LogP) is 2.66. The summed E-state index contributed by atoms with van der Waals surface area (Å²) in [6, 6.07) is 6.23. The number of halogens is 1. The van der Waals surface area contributed by atoms with Gasteiger partial charge in [-0.05, 0) is 49.4 Å². The molecule has 0 aromatic heterocycles. The van der Waals surface area contributed by atoms with E-state index in [2.05, 4.69) is 0 Å².